The number of aromatic nitrogens is 3. The highest BCUT2D eigenvalue weighted by Crippen LogP contribution is 2.17. The quantitative estimate of drug-likeness (QED) is 0.425. The number of nitrogens with one attached hydrogen (secondary N) is 3. The van der Waals surface area contributed by atoms with Crippen molar-refractivity contribution >= 4 is 23.4 Å². The molecule has 10 nitrogen and oxygen atoms in total. The van der Waals surface area contributed by atoms with Gasteiger partial charge in [-0.05, 0) is 42.5 Å². The van der Waals surface area contributed by atoms with Crippen molar-refractivity contribution in [2.75, 3.05) is 18.4 Å². The maximum absolute atomic E-state index is 12.3. The largest absolute Gasteiger partial charge is 0.353 e. The maximum Gasteiger partial charge on any atom is 0.267 e. The standard InChI is InChI=1S/C25H28N6O4/c1-25(2,3)24(35)29-19-6-4-18(5-7-19)23(34)28-15-14-27-21(32)16-31-22(33)9-8-20(30-31)17-10-12-26-13-11-17/h4-13H,14-16H2,1-3H3,(H,27,32)(H,28,34)(H,29,35). The predicted octanol–water partition coefficient (Wildman–Crippen LogP) is 1.84. The highest BCUT2D eigenvalue weighted by atomic mass is 16.2. The maximum atomic E-state index is 12.3. The smallest absolute Gasteiger partial charge is 0.267 e. The van der Waals surface area contributed by atoms with Crippen LogP contribution in [0.5, 0.6) is 0 Å². The van der Waals surface area contributed by atoms with Crippen LogP contribution in [0.4, 0.5) is 5.69 Å². The lowest BCUT2D eigenvalue weighted by molar-refractivity contribution is -0.123. The molecule has 0 aliphatic heterocycles. The van der Waals surface area contributed by atoms with Gasteiger partial charge in [-0.25, -0.2) is 4.68 Å². The molecule has 0 aliphatic rings. The van der Waals surface area contributed by atoms with Crippen molar-refractivity contribution < 1.29 is 14.4 Å². The van der Waals surface area contributed by atoms with Crippen LogP contribution >= 0.6 is 0 Å². The van der Waals surface area contributed by atoms with Crippen LogP contribution in [-0.4, -0.2) is 45.6 Å². The second kappa shape index (κ2) is 11.2. The molecule has 2 aromatic heterocycles. The number of anilines is 1. The number of carbonyl (C=O) groups excluding carboxylic acids is 3. The Bertz CT molecular complexity index is 1250. The summed E-state index contributed by atoms with van der Waals surface area (Å²) in [6.45, 7) is 5.59. The normalized spacial score (nSPS) is 10.9. The molecule has 0 saturated carbocycles. The van der Waals surface area contributed by atoms with Crippen molar-refractivity contribution in [2.45, 2.75) is 27.3 Å². The Balaban J connectivity index is 1.45. The fraction of sp³-hybridized carbons (Fsp3) is 0.280. The fourth-order valence-electron chi connectivity index (χ4n) is 2.93. The SMILES string of the molecule is CC(C)(C)C(=O)Nc1ccc(C(=O)NCCNC(=O)Cn2nc(-c3ccncc3)ccc2=O)cc1. The van der Waals surface area contributed by atoms with Crippen LogP contribution in [0.2, 0.25) is 0 Å². The van der Waals surface area contributed by atoms with Crippen LogP contribution in [0.15, 0.2) is 65.7 Å². The first-order chi connectivity index (χ1) is 16.6. The molecule has 0 atom stereocenters. The van der Waals surface area contributed by atoms with Crippen molar-refractivity contribution in [3.05, 3.63) is 76.8 Å². The molecule has 0 bridgehead atoms. The second-order valence-corrected chi connectivity index (χ2v) is 8.84. The Morgan fingerprint density at radius 3 is 2.20 bits per heavy atom. The van der Waals surface area contributed by atoms with Crippen LogP contribution in [0.1, 0.15) is 31.1 Å². The Kier molecular flexibility index (Phi) is 8.08. The number of benzene rings is 1. The van der Waals surface area contributed by atoms with Gasteiger partial charge >= 0.3 is 0 Å². The second-order valence-electron chi connectivity index (χ2n) is 8.84. The minimum absolute atomic E-state index is 0.119. The molecule has 0 aliphatic carbocycles. The van der Waals surface area contributed by atoms with Crippen molar-refractivity contribution in [1.82, 2.24) is 25.4 Å². The van der Waals surface area contributed by atoms with Crippen LogP contribution in [0.25, 0.3) is 11.3 Å². The zero-order valence-electron chi connectivity index (χ0n) is 19.9. The Morgan fingerprint density at radius 2 is 1.54 bits per heavy atom. The van der Waals surface area contributed by atoms with E-state index >= 15 is 0 Å². The number of hydrogen-bond donors (Lipinski definition) is 3. The van der Waals surface area contributed by atoms with Gasteiger partial charge in [0.25, 0.3) is 11.5 Å². The summed E-state index contributed by atoms with van der Waals surface area (Å²) in [5.74, 6) is -0.831. The number of nitrogens with zero attached hydrogens (tertiary/aromatic N) is 3. The van der Waals surface area contributed by atoms with E-state index in [9.17, 15) is 19.2 Å². The van der Waals surface area contributed by atoms with Crippen LogP contribution < -0.4 is 21.5 Å². The number of carbonyl (C=O) groups is 3. The third-order valence-corrected chi connectivity index (χ3v) is 4.95. The third kappa shape index (κ3) is 7.32. The molecule has 3 amide bonds. The zero-order chi connectivity index (χ0) is 25.4. The minimum Gasteiger partial charge on any atom is -0.353 e. The average Bonchev–Trinajstić information content (AvgIpc) is 2.83. The van der Waals surface area contributed by atoms with Crippen molar-refractivity contribution in [3.8, 4) is 11.3 Å². The fourth-order valence-corrected chi connectivity index (χ4v) is 2.93. The average molecular weight is 477 g/mol. The van der Waals surface area contributed by atoms with Crippen molar-refractivity contribution in [2.24, 2.45) is 5.41 Å². The van der Waals surface area contributed by atoms with E-state index in [0.717, 1.165) is 10.2 Å². The Labute approximate surface area is 202 Å². The number of hydrogen-bond acceptors (Lipinski definition) is 6. The van der Waals surface area contributed by atoms with E-state index < -0.39 is 16.9 Å². The van der Waals surface area contributed by atoms with Gasteiger partial charge in [0.15, 0.2) is 0 Å². The molecule has 1 aromatic carbocycles. The van der Waals surface area contributed by atoms with Crippen LogP contribution in [0, 0.1) is 5.41 Å². The number of pyridine rings is 1. The van der Waals surface area contributed by atoms with E-state index in [1.807, 2.05) is 20.8 Å². The summed E-state index contributed by atoms with van der Waals surface area (Å²) in [4.78, 5) is 52.6. The number of amides is 3. The van der Waals surface area contributed by atoms with Gasteiger partial charge in [-0.2, -0.15) is 5.10 Å². The molecular weight excluding hydrogens is 448 g/mol. The summed E-state index contributed by atoms with van der Waals surface area (Å²) in [6, 6.07) is 13.0. The summed E-state index contributed by atoms with van der Waals surface area (Å²) in [6.07, 6.45) is 3.24. The molecule has 10 heteroatoms. The van der Waals surface area contributed by atoms with Gasteiger partial charge in [0.05, 0.1) is 5.69 Å². The first kappa shape index (κ1) is 25.3. The molecule has 2 heterocycles. The van der Waals surface area contributed by atoms with Gasteiger partial charge in [0, 0.05) is 53.8 Å². The molecule has 0 spiro atoms. The summed E-state index contributed by atoms with van der Waals surface area (Å²) in [7, 11) is 0. The van der Waals surface area contributed by atoms with E-state index in [1.165, 1.54) is 6.07 Å². The minimum atomic E-state index is -0.521. The first-order valence-electron chi connectivity index (χ1n) is 11.1. The lowest BCUT2D eigenvalue weighted by Gasteiger charge is -2.17. The van der Waals surface area contributed by atoms with Crippen LogP contribution in [-0.2, 0) is 16.1 Å². The molecule has 182 valence electrons. The lowest BCUT2D eigenvalue weighted by Crippen LogP contribution is -2.38. The monoisotopic (exact) mass is 476 g/mol. The highest BCUT2D eigenvalue weighted by molar-refractivity contribution is 5.97. The molecule has 3 N–H and O–H groups in total. The summed E-state index contributed by atoms with van der Waals surface area (Å²) in [5.41, 5.74) is 1.44. The molecular formula is C25H28N6O4. The van der Waals surface area contributed by atoms with Gasteiger partial charge in [-0.15, -0.1) is 0 Å². The van der Waals surface area contributed by atoms with Gasteiger partial charge < -0.3 is 16.0 Å². The number of rotatable bonds is 8. The van der Waals surface area contributed by atoms with E-state index in [1.54, 1.807) is 54.9 Å². The molecule has 0 radical (unpaired) electrons. The van der Waals surface area contributed by atoms with Crippen molar-refractivity contribution in [3.63, 3.8) is 0 Å². The summed E-state index contributed by atoms with van der Waals surface area (Å²) >= 11 is 0. The van der Waals surface area contributed by atoms with E-state index in [-0.39, 0.29) is 31.4 Å². The van der Waals surface area contributed by atoms with E-state index in [0.29, 0.717) is 16.9 Å². The Morgan fingerprint density at radius 1 is 0.886 bits per heavy atom. The summed E-state index contributed by atoms with van der Waals surface area (Å²) in [5, 5.41) is 12.4. The predicted molar refractivity (Wildman–Crippen MR) is 132 cm³/mol. The molecule has 0 saturated heterocycles. The van der Waals surface area contributed by atoms with Gasteiger partial charge in [0.2, 0.25) is 11.8 Å². The molecule has 35 heavy (non-hydrogen) atoms. The van der Waals surface area contributed by atoms with E-state index in [2.05, 4.69) is 26.0 Å². The highest BCUT2D eigenvalue weighted by Gasteiger charge is 2.21. The molecule has 0 fully saturated rings. The first-order valence-corrected chi connectivity index (χ1v) is 11.1. The van der Waals surface area contributed by atoms with Crippen molar-refractivity contribution in [1.29, 1.82) is 0 Å². The third-order valence-electron chi connectivity index (χ3n) is 4.95. The van der Waals surface area contributed by atoms with Gasteiger partial charge in [0.1, 0.15) is 6.54 Å². The molecule has 3 aromatic rings. The molecule has 3 rings (SSSR count). The topological polar surface area (TPSA) is 135 Å². The molecule has 0 unspecified atom stereocenters. The lowest BCUT2D eigenvalue weighted by atomic mass is 9.95. The van der Waals surface area contributed by atoms with Crippen LogP contribution in [0.3, 0.4) is 0 Å². The Hall–Kier alpha value is -4.34. The van der Waals surface area contributed by atoms with E-state index in [4.69, 9.17) is 0 Å². The summed E-state index contributed by atoms with van der Waals surface area (Å²) < 4.78 is 1.09. The zero-order valence-corrected chi connectivity index (χ0v) is 19.9. The van der Waals surface area contributed by atoms with Gasteiger partial charge in [-0.3, -0.25) is 24.2 Å². The van der Waals surface area contributed by atoms with Gasteiger partial charge in [-0.1, -0.05) is 20.8 Å².